The van der Waals surface area contributed by atoms with Crippen molar-refractivity contribution in [1.29, 1.82) is 0 Å². The first-order valence-electron chi connectivity index (χ1n) is 6.95. The molecule has 2 N–H and O–H groups in total. The minimum Gasteiger partial charge on any atom is -0.339 e. The second kappa shape index (κ2) is 8.23. The van der Waals surface area contributed by atoms with E-state index in [0.717, 1.165) is 11.3 Å². The first kappa shape index (κ1) is 19.3. The molecule has 1 fully saturated rings. The number of carbonyl (C=O) groups excluding carboxylic acids is 2. The zero-order valence-corrected chi connectivity index (χ0v) is 14.3. The van der Waals surface area contributed by atoms with Crippen LogP contribution in [-0.2, 0) is 4.79 Å². The third-order valence-electron chi connectivity index (χ3n) is 3.40. The van der Waals surface area contributed by atoms with E-state index in [2.05, 4.69) is 0 Å². The minimum absolute atomic E-state index is 0. The van der Waals surface area contributed by atoms with Gasteiger partial charge in [-0.05, 0) is 13.0 Å². The maximum absolute atomic E-state index is 12.3. The normalized spacial score (nSPS) is 15.7. The van der Waals surface area contributed by atoms with Gasteiger partial charge in [-0.15, -0.1) is 12.4 Å². The van der Waals surface area contributed by atoms with Crippen LogP contribution >= 0.6 is 23.7 Å². The summed E-state index contributed by atoms with van der Waals surface area (Å²) in [5.74, 6) is -0.230. The molecule has 128 valence electrons. The summed E-state index contributed by atoms with van der Waals surface area (Å²) in [7, 11) is 0. The zero-order chi connectivity index (χ0) is 16.3. The molecule has 8 nitrogen and oxygen atoms in total. The van der Waals surface area contributed by atoms with E-state index >= 15 is 0 Å². The minimum atomic E-state index is -0.508. The van der Waals surface area contributed by atoms with E-state index in [4.69, 9.17) is 5.73 Å². The Bertz CT molecular complexity index is 584. The van der Waals surface area contributed by atoms with Crippen LogP contribution in [0.5, 0.6) is 0 Å². The number of nitro groups is 1. The monoisotopic (exact) mass is 362 g/mol. The fourth-order valence-electron chi connectivity index (χ4n) is 2.26. The molecule has 0 aliphatic carbocycles. The molecule has 0 bridgehead atoms. The number of nitrogens with two attached hydrogens (primary N) is 1. The fraction of sp³-hybridized carbons (Fsp3) is 0.538. The average Bonchev–Trinajstić information content (AvgIpc) is 2.96. The molecule has 1 saturated heterocycles. The van der Waals surface area contributed by atoms with Crippen molar-refractivity contribution in [3.8, 4) is 0 Å². The standard InChI is InChI=1S/C13H18N4O4S.ClH/c1-9(14)8-11(18)15-4-6-16(7-5-15)13(19)10-2-3-12(22-10)17(20)21;/h2-3,9H,4-8,14H2,1H3;1H. The molecule has 1 aromatic heterocycles. The van der Waals surface area contributed by atoms with Crippen molar-refractivity contribution in [2.45, 2.75) is 19.4 Å². The molecule has 2 amide bonds. The van der Waals surface area contributed by atoms with E-state index in [1.165, 1.54) is 12.1 Å². The van der Waals surface area contributed by atoms with E-state index in [0.29, 0.717) is 37.5 Å². The lowest BCUT2D eigenvalue weighted by Crippen LogP contribution is -2.51. The summed E-state index contributed by atoms with van der Waals surface area (Å²) in [6.07, 6.45) is 0.297. The van der Waals surface area contributed by atoms with Crippen LogP contribution in [0.15, 0.2) is 12.1 Å². The molecule has 1 aliphatic rings. The van der Waals surface area contributed by atoms with E-state index in [1.54, 1.807) is 16.7 Å². The Morgan fingerprint density at radius 2 is 1.87 bits per heavy atom. The second-order valence-corrected chi connectivity index (χ2v) is 6.31. The quantitative estimate of drug-likeness (QED) is 0.637. The maximum atomic E-state index is 12.3. The average molecular weight is 363 g/mol. The van der Waals surface area contributed by atoms with Gasteiger partial charge in [0.05, 0.1) is 9.80 Å². The number of hydrogen-bond donors (Lipinski definition) is 1. The topological polar surface area (TPSA) is 110 Å². The molecule has 0 radical (unpaired) electrons. The van der Waals surface area contributed by atoms with Crippen LogP contribution in [0.2, 0.25) is 0 Å². The molecule has 0 saturated carbocycles. The van der Waals surface area contributed by atoms with Crippen molar-refractivity contribution in [1.82, 2.24) is 9.80 Å². The van der Waals surface area contributed by atoms with Crippen LogP contribution in [0.3, 0.4) is 0 Å². The van der Waals surface area contributed by atoms with E-state index in [9.17, 15) is 19.7 Å². The van der Waals surface area contributed by atoms with Crippen LogP contribution < -0.4 is 5.73 Å². The Balaban J connectivity index is 0.00000264. The van der Waals surface area contributed by atoms with Crippen LogP contribution in [-0.4, -0.2) is 58.8 Å². The van der Waals surface area contributed by atoms with Crippen LogP contribution in [0.25, 0.3) is 0 Å². The lowest BCUT2D eigenvalue weighted by Gasteiger charge is -2.34. The number of carbonyl (C=O) groups is 2. The maximum Gasteiger partial charge on any atom is 0.324 e. The van der Waals surface area contributed by atoms with Gasteiger partial charge in [-0.3, -0.25) is 19.7 Å². The van der Waals surface area contributed by atoms with Crippen molar-refractivity contribution in [3.63, 3.8) is 0 Å². The van der Waals surface area contributed by atoms with Crippen LogP contribution in [0.4, 0.5) is 5.00 Å². The van der Waals surface area contributed by atoms with Crippen molar-refractivity contribution in [2.75, 3.05) is 26.2 Å². The Kier molecular flexibility index (Phi) is 6.92. The van der Waals surface area contributed by atoms with Crippen LogP contribution in [0.1, 0.15) is 23.0 Å². The summed E-state index contributed by atoms with van der Waals surface area (Å²) in [5, 5.41) is 10.6. The second-order valence-electron chi connectivity index (χ2n) is 5.25. The molecule has 1 aliphatic heterocycles. The summed E-state index contributed by atoms with van der Waals surface area (Å²) in [5.41, 5.74) is 5.61. The van der Waals surface area contributed by atoms with Gasteiger partial charge in [-0.25, -0.2) is 0 Å². The Hall–Kier alpha value is -1.71. The van der Waals surface area contributed by atoms with Gasteiger partial charge < -0.3 is 15.5 Å². The summed E-state index contributed by atoms with van der Waals surface area (Å²) in [6, 6.07) is 2.62. The SMILES string of the molecule is CC(N)CC(=O)N1CCN(C(=O)c2ccc([N+](=O)[O-])s2)CC1.Cl. The Labute approximate surface area is 143 Å². The van der Waals surface area contributed by atoms with E-state index in [1.807, 2.05) is 0 Å². The molecule has 10 heteroatoms. The molecule has 1 aromatic rings. The zero-order valence-electron chi connectivity index (χ0n) is 12.6. The lowest BCUT2D eigenvalue weighted by atomic mass is 10.2. The number of hydrogen-bond acceptors (Lipinski definition) is 6. The number of rotatable bonds is 4. The van der Waals surface area contributed by atoms with Gasteiger partial charge in [0.1, 0.15) is 0 Å². The highest BCUT2D eigenvalue weighted by Gasteiger charge is 2.26. The summed E-state index contributed by atoms with van der Waals surface area (Å²) < 4.78 is 0. The van der Waals surface area contributed by atoms with Crippen molar-refractivity contribution < 1.29 is 14.5 Å². The third kappa shape index (κ3) is 4.88. The highest BCUT2D eigenvalue weighted by atomic mass is 35.5. The van der Waals surface area contributed by atoms with Gasteiger partial charge >= 0.3 is 5.00 Å². The number of nitrogens with zero attached hydrogens (tertiary/aromatic N) is 3. The molecule has 23 heavy (non-hydrogen) atoms. The van der Waals surface area contributed by atoms with Gasteiger partial charge in [-0.1, -0.05) is 11.3 Å². The molecular weight excluding hydrogens is 344 g/mol. The van der Waals surface area contributed by atoms with Crippen molar-refractivity contribution >= 4 is 40.6 Å². The van der Waals surface area contributed by atoms with E-state index in [-0.39, 0.29) is 35.3 Å². The first-order valence-corrected chi connectivity index (χ1v) is 7.77. The molecular formula is C13H19ClN4O4S. The lowest BCUT2D eigenvalue weighted by molar-refractivity contribution is -0.380. The fourth-order valence-corrected chi connectivity index (χ4v) is 3.05. The Morgan fingerprint density at radius 1 is 1.30 bits per heavy atom. The number of amides is 2. The van der Waals surface area contributed by atoms with Gasteiger partial charge in [-0.2, -0.15) is 0 Å². The first-order chi connectivity index (χ1) is 10.4. The van der Waals surface area contributed by atoms with Gasteiger partial charge in [0, 0.05) is 44.7 Å². The molecule has 1 unspecified atom stereocenters. The number of halogens is 1. The van der Waals surface area contributed by atoms with Gasteiger partial charge in [0.2, 0.25) is 5.91 Å². The van der Waals surface area contributed by atoms with Crippen molar-refractivity contribution in [3.05, 3.63) is 27.1 Å². The van der Waals surface area contributed by atoms with E-state index < -0.39 is 4.92 Å². The molecule has 1 atom stereocenters. The highest BCUT2D eigenvalue weighted by Crippen LogP contribution is 2.25. The predicted molar refractivity (Wildman–Crippen MR) is 89.0 cm³/mol. The summed E-state index contributed by atoms with van der Waals surface area (Å²) in [4.78, 5) is 38.0. The molecule has 2 heterocycles. The highest BCUT2D eigenvalue weighted by molar-refractivity contribution is 7.17. The Morgan fingerprint density at radius 3 is 2.35 bits per heavy atom. The molecule has 2 rings (SSSR count). The molecule has 0 spiro atoms. The molecule has 0 aromatic carbocycles. The predicted octanol–water partition coefficient (Wildman–Crippen LogP) is 1.10. The number of piperazine rings is 1. The smallest absolute Gasteiger partial charge is 0.324 e. The largest absolute Gasteiger partial charge is 0.339 e. The van der Waals surface area contributed by atoms with Gasteiger partial charge in [0.25, 0.3) is 5.91 Å². The summed E-state index contributed by atoms with van der Waals surface area (Å²) >= 11 is 0.871. The van der Waals surface area contributed by atoms with Crippen LogP contribution in [0, 0.1) is 10.1 Å². The summed E-state index contributed by atoms with van der Waals surface area (Å²) in [6.45, 7) is 3.56. The van der Waals surface area contributed by atoms with Gasteiger partial charge in [0.15, 0.2) is 0 Å². The number of thiophene rings is 1. The third-order valence-corrected chi connectivity index (χ3v) is 4.42. The van der Waals surface area contributed by atoms with Crippen molar-refractivity contribution in [2.24, 2.45) is 5.73 Å².